The molecule has 5 aromatic rings. The van der Waals surface area contributed by atoms with Gasteiger partial charge in [0.15, 0.2) is 6.29 Å². The zero-order valence-corrected chi connectivity index (χ0v) is 27.7. The molecular weight excluding hydrogens is 612 g/mol. The molecule has 2 amide bonds. The normalized spacial score (nSPS) is 19.7. The molecule has 2 aliphatic rings. The van der Waals surface area contributed by atoms with E-state index < -0.39 is 6.29 Å². The van der Waals surface area contributed by atoms with E-state index in [9.17, 15) is 14.7 Å². The third-order valence-electron chi connectivity index (χ3n) is 9.69. The largest absolute Gasteiger partial charge is 0.392 e. The van der Waals surface area contributed by atoms with Crippen molar-refractivity contribution in [2.45, 2.75) is 51.0 Å². The molecule has 5 aromatic carbocycles. The van der Waals surface area contributed by atoms with E-state index in [4.69, 9.17) is 9.47 Å². The number of fused-ring (bicyclic) bond motifs is 1. The predicted molar refractivity (Wildman–Crippen MR) is 188 cm³/mol. The number of nitrogens with zero attached hydrogens (tertiary/aromatic N) is 2. The maximum Gasteiger partial charge on any atom is 0.261 e. The molecule has 0 bridgehead atoms. The lowest BCUT2D eigenvalue weighted by atomic mass is 9.98. The van der Waals surface area contributed by atoms with E-state index >= 15 is 0 Å². The van der Waals surface area contributed by atoms with E-state index in [-0.39, 0.29) is 43.2 Å². The summed E-state index contributed by atoms with van der Waals surface area (Å²) in [7, 11) is 2.13. The molecule has 7 heteroatoms. The van der Waals surface area contributed by atoms with Gasteiger partial charge in [-0.1, -0.05) is 103 Å². The van der Waals surface area contributed by atoms with Gasteiger partial charge in [-0.25, -0.2) is 0 Å². The minimum absolute atomic E-state index is 0.00533. The summed E-state index contributed by atoms with van der Waals surface area (Å²) in [6, 6.07) is 41.7. The molecule has 0 unspecified atom stereocenters. The number of imide groups is 1. The number of ether oxygens (including phenoxy) is 2. The molecule has 0 saturated carbocycles. The number of hydrogen-bond acceptors (Lipinski definition) is 6. The quantitative estimate of drug-likeness (QED) is 0.155. The lowest BCUT2D eigenvalue weighted by molar-refractivity contribution is -0.253. The van der Waals surface area contributed by atoms with Crippen molar-refractivity contribution in [1.82, 2.24) is 9.80 Å². The first-order valence-electron chi connectivity index (χ1n) is 16.8. The number of aliphatic hydroxyl groups is 1. The van der Waals surface area contributed by atoms with Crippen LogP contribution in [0.4, 0.5) is 0 Å². The second kappa shape index (κ2) is 14.3. The van der Waals surface area contributed by atoms with E-state index in [2.05, 4.69) is 49.2 Å². The highest BCUT2D eigenvalue weighted by Gasteiger charge is 2.36. The van der Waals surface area contributed by atoms with E-state index in [0.29, 0.717) is 17.5 Å². The highest BCUT2D eigenvalue weighted by molar-refractivity contribution is 6.21. The van der Waals surface area contributed by atoms with Gasteiger partial charge in [0.05, 0.1) is 36.5 Å². The lowest BCUT2D eigenvalue weighted by Crippen LogP contribution is -2.38. The number of carbonyl (C=O) groups is 2. The summed E-state index contributed by atoms with van der Waals surface area (Å²) in [5.74, 6) is -0.531. The van der Waals surface area contributed by atoms with Crippen LogP contribution in [0.3, 0.4) is 0 Å². The number of amides is 2. The average molecular weight is 653 g/mol. The van der Waals surface area contributed by atoms with Gasteiger partial charge in [0.2, 0.25) is 0 Å². The highest BCUT2D eigenvalue weighted by Crippen LogP contribution is 2.39. The summed E-state index contributed by atoms with van der Waals surface area (Å²) >= 11 is 0. The fourth-order valence-electron chi connectivity index (χ4n) is 6.78. The third-order valence-corrected chi connectivity index (χ3v) is 9.69. The second-order valence-electron chi connectivity index (χ2n) is 12.9. The molecule has 2 aliphatic heterocycles. The Labute approximate surface area is 287 Å². The standard InChI is InChI=1S/C42H40N2O5/c1-28(31-11-4-3-5-12-31)43(2)26-36-24-39(32-20-18-29(27-45)19-21-32)49-42(48-36)35-15-9-14-34(23-35)33-13-8-10-30(22-33)25-44-40(46)37-16-6-7-17-38(37)41(44)47/h3-23,28,36,39,42,45H,24-27H2,1-2H3/t28-,36-,39+,42+/m0/s1. The molecule has 0 aromatic heterocycles. The van der Waals surface area contributed by atoms with Crippen LogP contribution in [-0.4, -0.2) is 46.4 Å². The Morgan fingerprint density at radius 2 is 1.39 bits per heavy atom. The van der Waals surface area contributed by atoms with Crippen molar-refractivity contribution in [3.05, 3.63) is 166 Å². The number of carbonyl (C=O) groups excluding carboxylic acids is 2. The van der Waals surface area contributed by atoms with Crippen LogP contribution in [0.5, 0.6) is 0 Å². The van der Waals surface area contributed by atoms with Crippen molar-refractivity contribution in [1.29, 1.82) is 0 Å². The molecule has 0 radical (unpaired) electrons. The smallest absolute Gasteiger partial charge is 0.261 e. The minimum atomic E-state index is -0.594. The van der Waals surface area contributed by atoms with Crippen LogP contribution in [-0.2, 0) is 22.6 Å². The Hall–Kier alpha value is -4.92. The highest BCUT2D eigenvalue weighted by atomic mass is 16.7. The summed E-state index contributed by atoms with van der Waals surface area (Å²) in [4.78, 5) is 29.7. The molecule has 1 saturated heterocycles. The van der Waals surface area contributed by atoms with E-state index in [1.54, 1.807) is 24.3 Å². The molecule has 2 heterocycles. The van der Waals surface area contributed by atoms with Crippen molar-refractivity contribution in [2.75, 3.05) is 13.6 Å². The van der Waals surface area contributed by atoms with Crippen LogP contribution >= 0.6 is 0 Å². The summed E-state index contributed by atoms with van der Waals surface area (Å²) in [6.45, 7) is 3.13. The van der Waals surface area contributed by atoms with Crippen LogP contribution in [0.1, 0.15) is 80.3 Å². The van der Waals surface area contributed by atoms with Gasteiger partial charge in [-0.05, 0) is 71.6 Å². The van der Waals surface area contributed by atoms with Gasteiger partial charge in [-0.2, -0.15) is 0 Å². The van der Waals surface area contributed by atoms with Crippen LogP contribution in [0.2, 0.25) is 0 Å². The Kier molecular flexibility index (Phi) is 9.51. The Morgan fingerprint density at radius 1 is 0.735 bits per heavy atom. The van der Waals surface area contributed by atoms with Gasteiger partial charge in [0.25, 0.3) is 11.8 Å². The van der Waals surface area contributed by atoms with Gasteiger partial charge >= 0.3 is 0 Å². The Balaban J connectivity index is 1.12. The van der Waals surface area contributed by atoms with Crippen LogP contribution in [0, 0.1) is 0 Å². The van der Waals surface area contributed by atoms with Gasteiger partial charge < -0.3 is 14.6 Å². The first kappa shape index (κ1) is 32.6. The zero-order chi connectivity index (χ0) is 33.9. The fraction of sp³-hybridized carbons (Fsp3) is 0.238. The Morgan fingerprint density at radius 3 is 2.08 bits per heavy atom. The zero-order valence-electron chi connectivity index (χ0n) is 27.7. The minimum Gasteiger partial charge on any atom is -0.392 e. The van der Waals surface area contributed by atoms with Crippen molar-refractivity contribution < 1.29 is 24.2 Å². The molecule has 1 fully saturated rings. The van der Waals surface area contributed by atoms with Gasteiger partial charge in [0, 0.05) is 24.6 Å². The third kappa shape index (κ3) is 6.98. The molecule has 4 atom stereocenters. The van der Waals surface area contributed by atoms with E-state index in [1.165, 1.54) is 10.5 Å². The van der Waals surface area contributed by atoms with Crippen molar-refractivity contribution >= 4 is 11.8 Å². The number of rotatable bonds is 10. The predicted octanol–water partition coefficient (Wildman–Crippen LogP) is 7.88. The van der Waals surface area contributed by atoms with E-state index in [1.807, 2.05) is 72.8 Å². The topological polar surface area (TPSA) is 79.3 Å². The molecular formula is C42H40N2O5. The fourth-order valence-corrected chi connectivity index (χ4v) is 6.78. The molecule has 7 nitrogen and oxygen atoms in total. The second-order valence-corrected chi connectivity index (χ2v) is 12.9. The van der Waals surface area contributed by atoms with Crippen LogP contribution < -0.4 is 0 Å². The molecule has 0 aliphatic carbocycles. The van der Waals surface area contributed by atoms with Gasteiger partial charge in [0.1, 0.15) is 0 Å². The van der Waals surface area contributed by atoms with Crippen molar-refractivity contribution in [2.24, 2.45) is 0 Å². The first-order chi connectivity index (χ1) is 23.9. The molecule has 248 valence electrons. The van der Waals surface area contributed by atoms with Crippen LogP contribution in [0.25, 0.3) is 11.1 Å². The number of aliphatic hydroxyl groups excluding tert-OH is 1. The Bertz CT molecular complexity index is 1910. The maximum atomic E-state index is 13.0. The number of benzene rings is 5. The lowest BCUT2D eigenvalue weighted by Gasteiger charge is -2.39. The molecule has 7 rings (SSSR count). The van der Waals surface area contributed by atoms with Crippen molar-refractivity contribution in [3.8, 4) is 11.1 Å². The van der Waals surface area contributed by atoms with Gasteiger partial charge in [-0.3, -0.25) is 19.4 Å². The summed E-state index contributed by atoms with van der Waals surface area (Å²) < 4.78 is 13.4. The summed E-state index contributed by atoms with van der Waals surface area (Å²) in [5.41, 5.74) is 7.78. The summed E-state index contributed by atoms with van der Waals surface area (Å²) in [6.07, 6.45) is -0.184. The average Bonchev–Trinajstić information content (AvgIpc) is 3.39. The first-order valence-corrected chi connectivity index (χ1v) is 16.8. The molecule has 0 spiro atoms. The maximum absolute atomic E-state index is 13.0. The van der Waals surface area contributed by atoms with Crippen LogP contribution in [0.15, 0.2) is 127 Å². The van der Waals surface area contributed by atoms with Crippen molar-refractivity contribution in [3.63, 3.8) is 0 Å². The van der Waals surface area contributed by atoms with Gasteiger partial charge in [-0.15, -0.1) is 0 Å². The monoisotopic (exact) mass is 652 g/mol. The SMILES string of the molecule is C[C@@H](c1ccccc1)N(C)C[C@@H]1C[C@H](c2ccc(CO)cc2)O[C@H](c2cccc(-c3cccc(CN4C(=O)c5ccccc5C4=O)c3)c2)O1. The number of hydrogen-bond donors (Lipinski definition) is 1. The van der Waals surface area contributed by atoms with E-state index in [0.717, 1.165) is 39.9 Å². The number of likely N-dealkylation sites (N-methyl/N-ethyl adjacent to an activating group) is 1. The molecule has 49 heavy (non-hydrogen) atoms. The molecule has 1 N–H and O–H groups in total. The summed E-state index contributed by atoms with van der Waals surface area (Å²) in [5, 5.41) is 9.60.